The molecule has 0 saturated carbocycles. The molecule has 5 rings (SSSR count). The fourth-order valence-corrected chi connectivity index (χ4v) is 5.79. The summed E-state index contributed by atoms with van der Waals surface area (Å²) >= 11 is 0. The molecule has 2 aliphatic heterocycles. The van der Waals surface area contributed by atoms with Crippen LogP contribution >= 0.6 is 0 Å². The number of benzene rings is 2. The van der Waals surface area contributed by atoms with Crippen LogP contribution in [0.4, 0.5) is 0 Å². The highest BCUT2D eigenvalue weighted by Crippen LogP contribution is 2.46. The molecule has 136 valence electrons. The predicted octanol–water partition coefficient (Wildman–Crippen LogP) is 4.24. The Labute approximate surface area is 157 Å². The van der Waals surface area contributed by atoms with Crippen LogP contribution in [0.5, 0.6) is 0 Å². The maximum absolute atomic E-state index is 3.85. The van der Waals surface area contributed by atoms with Gasteiger partial charge in [0.2, 0.25) is 0 Å². The number of rotatable bonds is 2. The fraction of sp³-hybridized carbons (Fsp3) is 0.500. The molecule has 1 spiro atoms. The second-order valence-corrected chi connectivity index (χ2v) is 8.73. The van der Waals surface area contributed by atoms with Gasteiger partial charge in [0.05, 0.1) is 0 Å². The third-order valence-electron chi connectivity index (χ3n) is 7.23. The highest BCUT2D eigenvalue weighted by atomic mass is 15.2. The molecule has 1 saturated heterocycles. The summed E-state index contributed by atoms with van der Waals surface area (Å²) in [6.45, 7) is 6.01. The average molecular weight is 347 g/mol. The van der Waals surface area contributed by atoms with E-state index in [1.165, 1.54) is 57.3 Å². The number of aryl methyl sites for hydroxylation is 1. The molecular formula is C24H30N2. The smallest absolute Gasteiger partial charge is 0.0297 e. The molecule has 3 aliphatic rings. The van der Waals surface area contributed by atoms with Gasteiger partial charge in [-0.3, -0.25) is 0 Å². The Kier molecular flexibility index (Phi) is 4.14. The lowest BCUT2D eigenvalue weighted by Gasteiger charge is -2.42. The normalized spacial score (nSPS) is 27.3. The molecule has 1 aliphatic carbocycles. The van der Waals surface area contributed by atoms with Gasteiger partial charge in [0.15, 0.2) is 0 Å². The Bertz CT molecular complexity index is 788. The lowest BCUT2D eigenvalue weighted by molar-refractivity contribution is 0.141. The molecule has 2 atom stereocenters. The van der Waals surface area contributed by atoms with E-state index in [0.29, 0.717) is 17.5 Å². The van der Waals surface area contributed by atoms with Gasteiger partial charge in [-0.2, -0.15) is 0 Å². The second kappa shape index (κ2) is 6.51. The summed E-state index contributed by atoms with van der Waals surface area (Å²) < 4.78 is 0. The summed E-state index contributed by atoms with van der Waals surface area (Å²) in [5.41, 5.74) is 6.79. The van der Waals surface area contributed by atoms with Crippen LogP contribution in [0.25, 0.3) is 0 Å². The number of hydrogen-bond donors (Lipinski definition) is 1. The van der Waals surface area contributed by atoms with Gasteiger partial charge in [-0.25, -0.2) is 0 Å². The zero-order valence-corrected chi connectivity index (χ0v) is 15.9. The highest BCUT2D eigenvalue weighted by Gasteiger charge is 2.41. The van der Waals surface area contributed by atoms with Crippen molar-refractivity contribution in [3.63, 3.8) is 0 Å². The molecule has 2 nitrogen and oxygen atoms in total. The molecule has 2 heteroatoms. The van der Waals surface area contributed by atoms with Gasteiger partial charge >= 0.3 is 0 Å². The van der Waals surface area contributed by atoms with Gasteiger partial charge < -0.3 is 10.2 Å². The van der Waals surface area contributed by atoms with E-state index in [0.717, 1.165) is 0 Å². The first-order valence-corrected chi connectivity index (χ1v) is 10.4. The Morgan fingerprint density at radius 3 is 2.54 bits per heavy atom. The molecule has 1 N–H and O–H groups in total. The number of nitrogens with zero attached hydrogens (tertiary/aromatic N) is 1. The summed E-state index contributed by atoms with van der Waals surface area (Å²) in [4.78, 5) is 2.71. The molecule has 2 aromatic carbocycles. The summed E-state index contributed by atoms with van der Waals surface area (Å²) in [6.07, 6.45) is 6.50. The molecule has 1 fully saturated rings. The molecule has 0 aromatic heterocycles. The van der Waals surface area contributed by atoms with Crippen LogP contribution in [0.15, 0.2) is 48.5 Å². The van der Waals surface area contributed by atoms with Crippen molar-refractivity contribution < 1.29 is 0 Å². The van der Waals surface area contributed by atoms with Crippen molar-refractivity contribution in [2.24, 2.45) is 0 Å². The maximum Gasteiger partial charge on any atom is 0.0297 e. The van der Waals surface area contributed by atoms with Gasteiger partial charge in [-0.05, 0) is 79.8 Å². The first-order valence-electron chi connectivity index (χ1n) is 10.4. The first kappa shape index (κ1) is 16.5. The topological polar surface area (TPSA) is 15.3 Å². The lowest BCUT2D eigenvalue weighted by atomic mass is 9.74. The monoisotopic (exact) mass is 346 g/mol. The number of hydrogen-bond acceptors (Lipinski definition) is 2. The Hall–Kier alpha value is -1.64. The van der Waals surface area contributed by atoms with Crippen molar-refractivity contribution in [2.45, 2.75) is 56.5 Å². The van der Waals surface area contributed by atoms with Gasteiger partial charge in [-0.1, -0.05) is 48.5 Å². The van der Waals surface area contributed by atoms with E-state index in [2.05, 4.69) is 65.7 Å². The van der Waals surface area contributed by atoms with Gasteiger partial charge in [0.1, 0.15) is 0 Å². The van der Waals surface area contributed by atoms with Crippen molar-refractivity contribution in [3.05, 3.63) is 70.8 Å². The molecule has 1 unspecified atom stereocenters. The molecule has 2 aromatic rings. The minimum atomic E-state index is 0.475. The lowest BCUT2D eigenvalue weighted by Crippen LogP contribution is -2.50. The zero-order chi connectivity index (χ0) is 17.6. The third-order valence-corrected chi connectivity index (χ3v) is 7.23. The van der Waals surface area contributed by atoms with Gasteiger partial charge in [0.25, 0.3) is 0 Å². The van der Waals surface area contributed by atoms with Crippen molar-refractivity contribution >= 4 is 0 Å². The number of nitrogens with one attached hydrogen (secondary N) is 1. The van der Waals surface area contributed by atoms with E-state index in [9.17, 15) is 0 Å². The second-order valence-electron chi connectivity index (χ2n) is 8.73. The average Bonchev–Trinajstić information content (AvgIpc) is 3.03. The summed E-state index contributed by atoms with van der Waals surface area (Å²) in [5.74, 6) is 0. The van der Waals surface area contributed by atoms with Crippen molar-refractivity contribution in [2.75, 3.05) is 19.6 Å². The molecule has 0 radical (unpaired) electrons. The fourth-order valence-electron chi connectivity index (χ4n) is 5.79. The van der Waals surface area contributed by atoms with Crippen molar-refractivity contribution in [1.29, 1.82) is 0 Å². The van der Waals surface area contributed by atoms with E-state index in [-0.39, 0.29) is 0 Å². The Morgan fingerprint density at radius 2 is 1.69 bits per heavy atom. The van der Waals surface area contributed by atoms with Crippen molar-refractivity contribution in [1.82, 2.24) is 10.2 Å². The minimum absolute atomic E-state index is 0.475. The number of likely N-dealkylation sites (tertiary alicyclic amines) is 1. The summed E-state index contributed by atoms with van der Waals surface area (Å²) in [5, 5.41) is 3.85. The van der Waals surface area contributed by atoms with Crippen LogP contribution in [0.3, 0.4) is 0 Å². The molecular weight excluding hydrogens is 316 g/mol. The maximum atomic E-state index is 3.85. The zero-order valence-electron chi connectivity index (χ0n) is 15.9. The number of piperidine rings is 1. The van der Waals surface area contributed by atoms with Crippen molar-refractivity contribution in [3.8, 4) is 0 Å². The summed E-state index contributed by atoms with van der Waals surface area (Å²) in [6, 6.07) is 19.2. The molecule has 0 amide bonds. The van der Waals surface area contributed by atoms with Crippen LogP contribution in [0.2, 0.25) is 0 Å². The van der Waals surface area contributed by atoms with Gasteiger partial charge in [-0.15, -0.1) is 0 Å². The third kappa shape index (κ3) is 2.80. The SMILES string of the molecule is CC1N[C@H](CN2CCC3(CCc4ccccc43)CC2)Cc2ccccc21. The van der Waals surface area contributed by atoms with Crippen LogP contribution in [0.1, 0.15) is 54.5 Å². The van der Waals surface area contributed by atoms with Gasteiger partial charge in [0, 0.05) is 18.6 Å². The summed E-state index contributed by atoms with van der Waals surface area (Å²) in [7, 11) is 0. The van der Waals surface area contributed by atoms with Crippen LogP contribution in [-0.2, 0) is 18.3 Å². The largest absolute Gasteiger partial charge is 0.306 e. The first-order chi connectivity index (χ1) is 12.7. The molecule has 26 heavy (non-hydrogen) atoms. The highest BCUT2D eigenvalue weighted by molar-refractivity contribution is 5.40. The quantitative estimate of drug-likeness (QED) is 0.875. The van der Waals surface area contributed by atoms with E-state index in [4.69, 9.17) is 0 Å². The number of fused-ring (bicyclic) bond motifs is 3. The van der Waals surface area contributed by atoms with E-state index in [1.807, 2.05) is 0 Å². The Morgan fingerprint density at radius 1 is 0.962 bits per heavy atom. The minimum Gasteiger partial charge on any atom is -0.306 e. The van der Waals surface area contributed by atoms with E-state index >= 15 is 0 Å². The van der Waals surface area contributed by atoms with Crippen LogP contribution < -0.4 is 5.32 Å². The Balaban J connectivity index is 1.24. The van der Waals surface area contributed by atoms with E-state index in [1.54, 1.807) is 16.7 Å². The molecule has 0 bridgehead atoms. The predicted molar refractivity (Wildman–Crippen MR) is 108 cm³/mol. The standard InChI is InChI=1S/C24H30N2/c1-18-22-8-4-2-7-20(22)16-21(25-18)17-26-14-12-24(13-15-26)11-10-19-6-3-5-9-23(19)24/h2-9,18,21,25H,10-17H2,1H3/t18?,21-/m0/s1. The van der Waals surface area contributed by atoms with Crippen LogP contribution in [0, 0.1) is 0 Å². The van der Waals surface area contributed by atoms with Crippen LogP contribution in [-0.4, -0.2) is 30.6 Å². The van der Waals surface area contributed by atoms with E-state index < -0.39 is 0 Å². The molecule has 2 heterocycles.